The Morgan fingerprint density at radius 1 is 0.880 bits per heavy atom. The van der Waals surface area contributed by atoms with E-state index in [-0.39, 0.29) is 0 Å². The molecule has 0 aliphatic heterocycles. The van der Waals surface area contributed by atoms with Crippen molar-refractivity contribution in [2.24, 2.45) is 5.41 Å². The fourth-order valence-electron chi connectivity index (χ4n) is 3.02. The summed E-state index contributed by atoms with van der Waals surface area (Å²) in [6.07, 6.45) is 13.6. The van der Waals surface area contributed by atoms with Crippen molar-refractivity contribution < 1.29 is 4.74 Å². The van der Waals surface area contributed by atoms with Crippen molar-refractivity contribution in [3.63, 3.8) is 0 Å². The molecule has 1 heterocycles. The Kier molecular flexibility index (Phi) is 11.0. The Morgan fingerprint density at radius 3 is 1.88 bits per heavy atom. The zero-order valence-corrected chi connectivity index (χ0v) is 18.8. The Bertz CT molecular complexity index is 477. The average molecular weight is 415 g/mol. The minimum absolute atomic E-state index is 0.507. The smallest absolute Gasteiger partial charge is 0.179 e. The van der Waals surface area contributed by atoms with Crippen molar-refractivity contribution in [1.29, 1.82) is 0 Å². The molecule has 0 saturated heterocycles. The standard InChI is InChI=1S/C21H39BrN2O/c1-18-19(2)24(20(22)23-18)17-25-16-14-12-10-8-6-7-9-11-13-15-21(3,4)5/h6-17H2,1-5H3. The van der Waals surface area contributed by atoms with Gasteiger partial charge in [-0.1, -0.05) is 72.1 Å². The molecule has 0 aromatic carbocycles. The van der Waals surface area contributed by atoms with Crippen molar-refractivity contribution in [1.82, 2.24) is 9.55 Å². The predicted octanol–water partition coefficient (Wildman–Crippen LogP) is 7.18. The van der Waals surface area contributed by atoms with E-state index in [2.05, 4.69) is 53.2 Å². The molecular weight excluding hydrogens is 376 g/mol. The van der Waals surface area contributed by atoms with Crippen LogP contribution in [0.1, 0.15) is 96.4 Å². The summed E-state index contributed by atoms with van der Waals surface area (Å²) >= 11 is 3.48. The van der Waals surface area contributed by atoms with E-state index < -0.39 is 0 Å². The lowest BCUT2D eigenvalue weighted by molar-refractivity contribution is 0.0711. The lowest BCUT2D eigenvalue weighted by atomic mass is 9.89. The highest BCUT2D eigenvalue weighted by atomic mass is 79.9. The minimum atomic E-state index is 0.507. The maximum atomic E-state index is 5.79. The average Bonchev–Trinajstić information content (AvgIpc) is 2.76. The number of aryl methyl sites for hydroxylation is 1. The van der Waals surface area contributed by atoms with Crippen molar-refractivity contribution in [2.45, 2.75) is 106 Å². The quantitative estimate of drug-likeness (QED) is 0.319. The second kappa shape index (κ2) is 12.1. The third-order valence-electron chi connectivity index (χ3n) is 4.85. The number of hydrogen-bond acceptors (Lipinski definition) is 2. The lowest BCUT2D eigenvalue weighted by Gasteiger charge is -2.17. The molecule has 146 valence electrons. The molecule has 4 heteroatoms. The maximum absolute atomic E-state index is 5.79. The third kappa shape index (κ3) is 10.4. The first-order valence-electron chi connectivity index (χ1n) is 10.1. The Balaban J connectivity index is 1.88. The number of halogens is 1. The molecule has 0 unspecified atom stereocenters. The van der Waals surface area contributed by atoms with Gasteiger partial charge < -0.3 is 4.74 Å². The van der Waals surface area contributed by atoms with Gasteiger partial charge in [0.05, 0.1) is 5.69 Å². The maximum Gasteiger partial charge on any atom is 0.179 e. The van der Waals surface area contributed by atoms with Crippen LogP contribution in [-0.4, -0.2) is 16.2 Å². The van der Waals surface area contributed by atoms with Gasteiger partial charge in [-0.25, -0.2) is 4.98 Å². The lowest BCUT2D eigenvalue weighted by Crippen LogP contribution is -2.06. The topological polar surface area (TPSA) is 27.1 Å². The summed E-state index contributed by atoms with van der Waals surface area (Å²) in [5, 5.41) is 0. The fraction of sp³-hybridized carbons (Fsp3) is 0.857. The van der Waals surface area contributed by atoms with E-state index in [0.29, 0.717) is 12.1 Å². The zero-order chi connectivity index (χ0) is 18.7. The summed E-state index contributed by atoms with van der Waals surface area (Å²) in [6.45, 7) is 12.6. The normalized spacial score (nSPS) is 12.1. The molecule has 1 aromatic rings. The molecule has 0 aliphatic rings. The Morgan fingerprint density at radius 2 is 1.40 bits per heavy atom. The molecule has 0 N–H and O–H groups in total. The molecule has 0 saturated carbocycles. The van der Waals surface area contributed by atoms with Gasteiger partial charge >= 0.3 is 0 Å². The van der Waals surface area contributed by atoms with E-state index in [4.69, 9.17) is 4.74 Å². The molecule has 0 spiro atoms. The van der Waals surface area contributed by atoms with Gasteiger partial charge in [-0.05, 0) is 48.0 Å². The van der Waals surface area contributed by atoms with Crippen molar-refractivity contribution in [3.8, 4) is 0 Å². The Hall–Kier alpha value is -0.350. The van der Waals surface area contributed by atoms with Gasteiger partial charge in [0.2, 0.25) is 0 Å². The highest BCUT2D eigenvalue weighted by molar-refractivity contribution is 9.10. The first-order valence-corrected chi connectivity index (χ1v) is 10.9. The molecule has 0 radical (unpaired) electrons. The summed E-state index contributed by atoms with van der Waals surface area (Å²) in [5.41, 5.74) is 2.75. The van der Waals surface area contributed by atoms with Crippen LogP contribution in [0.4, 0.5) is 0 Å². The molecule has 0 amide bonds. The van der Waals surface area contributed by atoms with Crippen LogP contribution >= 0.6 is 15.9 Å². The molecule has 1 rings (SSSR count). The van der Waals surface area contributed by atoms with Crippen molar-refractivity contribution >= 4 is 15.9 Å². The van der Waals surface area contributed by atoms with Crippen molar-refractivity contribution in [3.05, 3.63) is 16.1 Å². The van der Waals surface area contributed by atoms with Gasteiger partial charge in [0.15, 0.2) is 4.73 Å². The summed E-state index contributed by atoms with van der Waals surface area (Å²) in [7, 11) is 0. The molecule has 3 nitrogen and oxygen atoms in total. The number of hydrogen-bond donors (Lipinski definition) is 0. The highest BCUT2D eigenvalue weighted by Crippen LogP contribution is 2.22. The molecule has 0 fully saturated rings. The van der Waals surface area contributed by atoms with E-state index in [1.54, 1.807) is 0 Å². The van der Waals surface area contributed by atoms with Crippen LogP contribution in [0, 0.1) is 19.3 Å². The van der Waals surface area contributed by atoms with Crippen LogP contribution < -0.4 is 0 Å². The van der Waals surface area contributed by atoms with Crippen LogP contribution in [0.15, 0.2) is 4.73 Å². The van der Waals surface area contributed by atoms with Crippen LogP contribution in [0.2, 0.25) is 0 Å². The van der Waals surface area contributed by atoms with E-state index >= 15 is 0 Å². The molecule has 1 aromatic heterocycles. The largest absolute Gasteiger partial charge is 0.361 e. The Labute approximate surface area is 164 Å². The third-order valence-corrected chi connectivity index (χ3v) is 5.45. The van der Waals surface area contributed by atoms with Crippen LogP contribution in [0.25, 0.3) is 0 Å². The highest BCUT2D eigenvalue weighted by Gasteiger charge is 2.09. The zero-order valence-electron chi connectivity index (χ0n) is 17.2. The van der Waals surface area contributed by atoms with Crippen LogP contribution in [-0.2, 0) is 11.5 Å². The molecule has 25 heavy (non-hydrogen) atoms. The van der Waals surface area contributed by atoms with Crippen LogP contribution in [0.5, 0.6) is 0 Å². The molecule has 0 bridgehead atoms. The first-order chi connectivity index (χ1) is 11.8. The van der Waals surface area contributed by atoms with Gasteiger partial charge in [0, 0.05) is 12.3 Å². The summed E-state index contributed by atoms with van der Waals surface area (Å²) in [6, 6.07) is 0. The van der Waals surface area contributed by atoms with E-state index in [9.17, 15) is 0 Å². The number of rotatable bonds is 13. The number of ether oxygens (including phenoxy) is 1. The molecule has 0 aliphatic carbocycles. The summed E-state index contributed by atoms with van der Waals surface area (Å²) in [5.74, 6) is 0. The van der Waals surface area contributed by atoms with E-state index in [1.165, 1.54) is 63.5 Å². The SMILES string of the molecule is Cc1nc(Br)n(COCCCCCCCCCCCC(C)(C)C)c1C. The number of aromatic nitrogens is 2. The van der Waals surface area contributed by atoms with Crippen LogP contribution in [0.3, 0.4) is 0 Å². The number of imidazole rings is 1. The van der Waals surface area contributed by atoms with E-state index in [0.717, 1.165) is 23.5 Å². The summed E-state index contributed by atoms with van der Waals surface area (Å²) < 4.78 is 8.73. The van der Waals surface area contributed by atoms with Gasteiger partial charge in [0.25, 0.3) is 0 Å². The first kappa shape index (κ1) is 22.7. The summed E-state index contributed by atoms with van der Waals surface area (Å²) in [4.78, 5) is 4.40. The monoisotopic (exact) mass is 414 g/mol. The van der Waals surface area contributed by atoms with Gasteiger partial charge in [0.1, 0.15) is 6.73 Å². The van der Waals surface area contributed by atoms with Gasteiger partial charge in [-0.15, -0.1) is 0 Å². The minimum Gasteiger partial charge on any atom is -0.361 e. The molecular formula is C21H39BrN2O. The van der Waals surface area contributed by atoms with E-state index in [1.807, 2.05) is 6.92 Å². The van der Waals surface area contributed by atoms with Crippen molar-refractivity contribution in [2.75, 3.05) is 6.61 Å². The number of unbranched alkanes of at least 4 members (excludes halogenated alkanes) is 8. The van der Waals surface area contributed by atoms with Gasteiger partial charge in [-0.2, -0.15) is 0 Å². The number of nitrogens with zero attached hydrogens (tertiary/aromatic N) is 2. The second-order valence-electron chi connectivity index (χ2n) is 8.51. The molecule has 0 atom stereocenters. The predicted molar refractivity (Wildman–Crippen MR) is 111 cm³/mol. The second-order valence-corrected chi connectivity index (χ2v) is 9.22. The fourth-order valence-corrected chi connectivity index (χ4v) is 3.65. The van der Waals surface area contributed by atoms with Gasteiger partial charge in [-0.3, -0.25) is 4.57 Å².